The third-order valence-corrected chi connectivity index (χ3v) is 4.81. The Morgan fingerprint density at radius 1 is 1.04 bits per heavy atom. The van der Waals surface area contributed by atoms with E-state index in [2.05, 4.69) is 5.32 Å². The van der Waals surface area contributed by atoms with Crippen molar-refractivity contribution < 1.29 is 18.8 Å². The molecule has 1 aliphatic heterocycles. The molecule has 142 valence electrons. The van der Waals surface area contributed by atoms with Crippen molar-refractivity contribution in [2.45, 2.75) is 0 Å². The van der Waals surface area contributed by atoms with Crippen LogP contribution in [0, 0.1) is 5.82 Å². The summed E-state index contributed by atoms with van der Waals surface area (Å²) in [6.45, 7) is 0.232. The lowest BCUT2D eigenvalue weighted by Gasteiger charge is -2.12. The fourth-order valence-corrected chi connectivity index (χ4v) is 3.35. The highest BCUT2D eigenvalue weighted by molar-refractivity contribution is 8.18. The minimum absolute atomic E-state index is 0.0902. The lowest BCUT2D eigenvalue weighted by atomic mass is 10.2. The van der Waals surface area contributed by atoms with Crippen LogP contribution in [0.3, 0.4) is 0 Å². The molecule has 1 saturated heterocycles. The first-order valence-corrected chi connectivity index (χ1v) is 9.36. The highest BCUT2D eigenvalue weighted by atomic mass is 32.2. The highest BCUT2D eigenvalue weighted by Gasteiger charge is 2.34. The second kappa shape index (κ2) is 9.14. The molecule has 3 rings (SSSR count). The summed E-state index contributed by atoms with van der Waals surface area (Å²) in [5.41, 5.74) is 1.53. The van der Waals surface area contributed by atoms with E-state index in [1.807, 2.05) is 30.3 Å². The van der Waals surface area contributed by atoms with Crippen LogP contribution >= 0.6 is 11.8 Å². The van der Waals surface area contributed by atoms with Crippen LogP contribution in [0.25, 0.3) is 12.2 Å². The molecule has 2 aromatic rings. The summed E-state index contributed by atoms with van der Waals surface area (Å²) in [6.07, 6.45) is 4.54. The van der Waals surface area contributed by atoms with Crippen molar-refractivity contribution >= 4 is 41.0 Å². The molecule has 0 saturated carbocycles. The Hall–Kier alpha value is -3.19. The van der Waals surface area contributed by atoms with Gasteiger partial charge in [0.2, 0.25) is 5.91 Å². The lowest BCUT2D eigenvalue weighted by molar-refractivity contribution is -0.123. The van der Waals surface area contributed by atoms with Gasteiger partial charge < -0.3 is 5.32 Å². The third-order valence-electron chi connectivity index (χ3n) is 3.90. The Morgan fingerprint density at radius 2 is 1.75 bits per heavy atom. The molecule has 5 nitrogen and oxygen atoms in total. The molecule has 0 bridgehead atoms. The molecular formula is C21H17FN2O3S. The van der Waals surface area contributed by atoms with Crippen LogP contribution in [0.2, 0.25) is 0 Å². The summed E-state index contributed by atoms with van der Waals surface area (Å²) in [7, 11) is 0. The zero-order valence-electron chi connectivity index (χ0n) is 14.8. The summed E-state index contributed by atoms with van der Waals surface area (Å²) in [5, 5.41) is 2.26. The summed E-state index contributed by atoms with van der Waals surface area (Å²) in [4.78, 5) is 37.8. The van der Waals surface area contributed by atoms with Gasteiger partial charge in [0, 0.05) is 19.2 Å². The van der Waals surface area contributed by atoms with Gasteiger partial charge >= 0.3 is 0 Å². The summed E-state index contributed by atoms with van der Waals surface area (Å²) in [6, 6.07) is 15.0. The van der Waals surface area contributed by atoms with Crippen LogP contribution in [-0.2, 0) is 9.59 Å². The van der Waals surface area contributed by atoms with Crippen molar-refractivity contribution in [1.29, 1.82) is 0 Å². The predicted molar refractivity (Wildman–Crippen MR) is 108 cm³/mol. The number of nitrogens with zero attached hydrogens (tertiary/aromatic N) is 1. The maximum absolute atomic E-state index is 12.8. The van der Waals surface area contributed by atoms with E-state index in [-0.39, 0.29) is 36.0 Å². The van der Waals surface area contributed by atoms with Gasteiger partial charge in [0.05, 0.1) is 4.91 Å². The number of hydrogen-bond donors (Lipinski definition) is 1. The molecule has 1 heterocycles. The maximum Gasteiger partial charge on any atom is 0.293 e. The van der Waals surface area contributed by atoms with Crippen molar-refractivity contribution in [3.8, 4) is 0 Å². The zero-order chi connectivity index (χ0) is 19.9. The quantitative estimate of drug-likeness (QED) is 0.757. The van der Waals surface area contributed by atoms with Crippen LogP contribution in [0.4, 0.5) is 9.18 Å². The van der Waals surface area contributed by atoms with Gasteiger partial charge in [-0.2, -0.15) is 0 Å². The van der Waals surface area contributed by atoms with Gasteiger partial charge in [0.1, 0.15) is 5.82 Å². The molecule has 0 atom stereocenters. The van der Waals surface area contributed by atoms with E-state index >= 15 is 0 Å². The molecule has 0 unspecified atom stereocenters. The molecule has 1 fully saturated rings. The number of carbonyl (C=O) groups excluding carboxylic acids is 3. The first-order chi connectivity index (χ1) is 13.5. The number of carbonyl (C=O) groups is 3. The Balaban J connectivity index is 1.51. The van der Waals surface area contributed by atoms with Gasteiger partial charge in [-0.3, -0.25) is 19.3 Å². The molecular weight excluding hydrogens is 379 g/mol. The second-order valence-electron chi connectivity index (χ2n) is 5.92. The van der Waals surface area contributed by atoms with Gasteiger partial charge in [0.25, 0.3) is 11.1 Å². The average Bonchev–Trinajstić information content (AvgIpc) is 2.95. The van der Waals surface area contributed by atoms with Crippen LogP contribution < -0.4 is 5.32 Å². The van der Waals surface area contributed by atoms with Gasteiger partial charge in [-0.05, 0) is 47.2 Å². The van der Waals surface area contributed by atoms with Gasteiger partial charge in [-0.15, -0.1) is 0 Å². The Labute approximate surface area is 165 Å². The van der Waals surface area contributed by atoms with Crippen LogP contribution in [0.15, 0.2) is 65.6 Å². The number of nitrogens with one attached hydrogen (secondary N) is 1. The van der Waals surface area contributed by atoms with Crippen LogP contribution in [0.1, 0.15) is 11.1 Å². The number of benzene rings is 2. The van der Waals surface area contributed by atoms with E-state index in [9.17, 15) is 18.8 Å². The number of rotatable bonds is 6. The van der Waals surface area contributed by atoms with Crippen molar-refractivity contribution in [1.82, 2.24) is 10.2 Å². The smallest absolute Gasteiger partial charge is 0.293 e. The van der Waals surface area contributed by atoms with Crippen LogP contribution in [0.5, 0.6) is 0 Å². The molecule has 7 heteroatoms. The fourth-order valence-electron chi connectivity index (χ4n) is 2.49. The lowest BCUT2D eigenvalue weighted by Crippen LogP contribution is -2.36. The Kier molecular flexibility index (Phi) is 6.39. The SMILES string of the molecule is O=C(/C=C/c1ccc(F)cc1)NCCN1C(=O)S/C(=C/c2ccccc2)C1=O. The van der Waals surface area contributed by atoms with Gasteiger partial charge in [-0.25, -0.2) is 4.39 Å². The minimum Gasteiger partial charge on any atom is -0.351 e. The van der Waals surface area contributed by atoms with Crippen molar-refractivity contribution in [3.05, 3.63) is 82.5 Å². The number of halogens is 1. The summed E-state index contributed by atoms with van der Waals surface area (Å²) < 4.78 is 12.8. The molecule has 1 N–H and O–H groups in total. The number of amides is 3. The van der Waals surface area contributed by atoms with E-state index in [4.69, 9.17) is 0 Å². The normalized spacial score (nSPS) is 15.6. The average molecular weight is 396 g/mol. The fraction of sp³-hybridized carbons (Fsp3) is 0.0952. The van der Waals surface area contributed by atoms with Crippen molar-refractivity contribution in [3.63, 3.8) is 0 Å². The molecule has 1 aliphatic rings. The predicted octanol–water partition coefficient (Wildman–Crippen LogP) is 3.69. The topological polar surface area (TPSA) is 66.5 Å². The molecule has 0 spiro atoms. The maximum atomic E-state index is 12.8. The summed E-state index contributed by atoms with van der Waals surface area (Å²) >= 11 is 0.885. The third kappa shape index (κ3) is 5.17. The zero-order valence-corrected chi connectivity index (χ0v) is 15.6. The number of imide groups is 1. The van der Waals surface area contributed by atoms with Gasteiger partial charge in [-0.1, -0.05) is 42.5 Å². The number of hydrogen-bond acceptors (Lipinski definition) is 4. The molecule has 0 radical (unpaired) electrons. The highest BCUT2D eigenvalue weighted by Crippen LogP contribution is 2.31. The monoisotopic (exact) mass is 396 g/mol. The Bertz CT molecular complexity index is 940. The molecule has 2 aromatic carbocycles. The summed E-state index contributed by atoms with van der Waals surface area (Å²) in [5.74, 6) is -1.08. The van der Waals surface area contributed by atoms with Crippen LogP contribution in [-0.4, -0.2) is 35.0 Å². The largest absolute Gasteiger partial charge is 0.351 e. The Morgan fingerprint density at radius 3 is 2.46 bits per heavy atom. The van der Waals surface area contributed by atoms with Crippen molar-refractivity contribution in [2.75, 3.05) is 13.1 Å². The molecule has 3 amide bonds. The van der Waals surface area contributed by atoms with Crippen molar-refractivity contribution in [2.24, 2.45) is 0 Å². The molecule has 0 aliphatic carbocycles. The van der Waals surface area contributed by atoms with E-state index < -0.39 is 0 Å². The first kappa shape index (κ1) is 19.6. The van der Waals surface area contributed by atoms with E-state index in [1.165, 1.54) is 18.2 Å². The minimum atomic E-state index is -0.366. The molecule has 28 heavy (non-hydrogen) atoms. The first-order valence-electron chi connectivity index (χ1n) is 8.55. The van der Waals surface area contributed by atoms with E-state index in [0.717, 1.165) is 22.2 Å². The molecule has 0 aromatic heterocycles. The second-order valence-corrected chi connectivity index (χ2v) is 6.91. The van der Waals surface area contributed by atoms with E-state index in [0.29, 0.717) is 10.5 Å². The van der Waals surface area contributed by atoms with E-state index in [1.54, 1.807) is 24.3 Å². The van der Waals surface area contributed by atoms with Gasteiger partial charge in [0.15, 0.2) is 0 Å². The standard InChI is InChI=1S/C21H17FN2O3S/c22-17-9-6-15(7-10-17)8-11-19(25)23-12-13-24-20(26)18(28-21(24)27)14-16-4-2-1-3-5-16/h1-11,14H,12-13H2,(H,23,25)/b11-8+,18-14+. The number of thioether (sulfide) groups is 1.